The van der Waals surface area contributed by atoms with Crippen LogP contribution in [0.15, 0.2) is 67.3 Å². The zero-order valence-corrected chi connectivity index (χ0v) is 21.5. The topological polar surface area (TPSA) is 117 Å². The molecule has 4 aromatic heterocycles. The van der Waals surface area contributed by atoms with Crippen LogP contribution in [0.5, 0.6) is 23.3 Å². The van der Waals surface area contributed by atoms with Crippen molar-refractivity contribution in [1.29, 1.82) is 0 Å². The van der Waals surface area contributed by atoms with E-state index >= 15 is 0 Å². The third-order valence-corrected chi connectivity index (χ3v) is 6.81. The van der Waals surface area contributed by atoms with Gasteiger partial charge in [0.05, 0.1) is 24.8 Å². The zero-order valence-electron chi connectivity index (χ0n) is 21.5. The number of aromatic nitrogens is 8. The lowest BCUT2D eigenvalue weighted by Crippen LogP contribution is -2.14. The van der Waals surface area contributed by atoms with E-state index in [-0.39, 0.29) is 5.92 Å². The molecule has 11 nitrogen and oxygen atoms in total. The highest BCUT2D eigenvalue weighted by Gasteiger charge is 2.37. The molecule has 0 bridgehead atoms. The normalized spacial score (nSPS) is 14.1. The predicted octanol–water partition coefficient (Wildman–Crippen LogP) is 4.43. The average molecular weight is 521 g/mol. The summed E-state index contributed by atoms with van der Waals surface area (Å²) >= 11 is 0. The molecule has 0 aliphatic carbocycles. The smallest absolute Gasteiger partial charge is 0.244 e. The maximum absolute atomic E-state index is 6.10. The molecule has 5 heterocycles. The molecule has 1 atom stereocenters. The maximum atomic E-state index is 6.10. The Morgan fingerprint density at radius 3 is 2.77 bits per heavy atom. The van der Waals surface area contributed by atoms with E-state index in [1.807, 2.05) is 74.9 Å². The van der Waals surface area contributed by atoms with Crippen LogP contribution >= 0.6 is 0 Å². The van der Waals surface area contributed by atoms with Gasteiger partial charge in [-0.2, -0.15) is 5.10 Å². The summed E-state index contributed by atoms with van der Waals surface area (Å²) in [6.07, 6.45) is 5.45. The van der Waals surface area contributed by atoms with Crippen LogP contribution in [-0.2, 0) is 13.7 Å². The number of aromatic amines is 1. The Morgan fingerprint density at radius 2 is 1.92 bits per heavy atom. The molecular formula is C28H24N8O3. The number of hydrogen-bond donors (Lipinski definition) is 1. The van der Waals surface area contributed by atoms with Crippen molar-refractivity contribution in [2.24, 2.45) is 7.05 Å². The molecule has 7 rings (SSSR count). The molecule has 0 amide bonds. The maximum Gasteiger partial charge on any atom is 0.244 e. The van der Waals surface area contributed by atoms with Gasteiger partial charge in [0.1, 0.15) is 24.4 Å². The first kappa shape index (κ1) is 23.0. The van der Waals surface area contributed by atoms with Gasteiger partial charge in [0.15, 0.2) is 11.5 Å². The molecule has 0 unspecified atom stereocenters. The standard InChI is InChI=1S/C28H24N8O3/c1-16-22-23(19-12-30-35(2)13-19)24-26-31-25(34-36(26)15-29-27(24)39-28(22)33-32-16)18-7-4-6-17(10-18)14-38-21-9-5-8-20(11-21)37-3/h4-13,15,23H,14H2,1-3H3,(H,32,33)/t23-/m1/s1. The van der Waals surface area contributed by atoms with E-state index in [9.17, 15) is 0 Å². The summed E-state index contributed by atoms with van der Waals surface area (Å²) in [4.78, 5) is 9.53. The molecule has 39 heavy (non-hydrogen) atoms. The third-order valence-electron chi connectivity index (χ3n) is 6.81. The van der Waals surface area contributed by atoms with Crippen molar-refractivity contribution in [2.45, 2.75) is 19.4 Å². The van der Waals surface area contributed by atoms with Gasteiger partial charge in [-0.05, 0) is 30.7 Å². The number of methoxy groups -OCH3 is 1. The fourth-order valence-corrected chi connectivity index (χ4v) is 4.97. The third kappa shape index (κ3) is 3.95. The van der Waals surface area contributed by atoms with E-state index in [1.165, 1.54) is 0 Å². The van der Waals surface area contributed by atoms with Gasteiger partial charge < -0.3 is 14.2 Å². The summed E-state index contributed by atoms with van der Waals surface area (Å²) in [5, 5.41) is 16.6. The highest BCUT2D eigenvalue weighted by atomic mass is 16.5. The van der Waals surface area contributed by atoms with Crippen molar-refractivity contribution in [3.8, 4) is 34.6 Å². The lowest BCUT2D eigenvalue weighted by atomic mass is 9.86. The minimum Gasteiger partial charge on any atom is -0.497 e. The van der Waals surface area contributed by atoms with Crippen LogP contribution in [0.1, 0.15) is 33.9 Å². The van der Waals surface area contributed by atoms with Crippen LogP contribution < -0.4 is 14.2 Å². The molecule has 0 radical (unpaired) electrons. The van der Waals surface area contributed by atoms with E-state index in [0.717, 1.165) is 45.0 Å². The Bertz CT molecular complexity index is 1840. The van der Waals surface area contributed by atoms with Crippen molar-refractivity contribution in [3.05, 3.63) is 95.2 Å². The van der Waals surface area contributed by atoms with E-state index in [0.29, 0.717) is 29.8 Å². The molecular weight excluding hydrogens is 496 g/mol. The second kappa shape index (κ2) is 8.98. The molecule has 194 valence electrons. The lowest BCUT2D eigenvalue weighted by molar-refractivity contribution is 0.303. The quantitative estimate of drug-likeness (QED) is 0.342. The zero-order chi connectivity index (χ0) is 26.5. The van der Waals surface area contributed by atoms with Crippen molar-refractivity contribution < 1.29 is 14.2 Å². The molecule has 1 N–H and O–H groups in total. The minimum atomic E-state index is -0.216. The van der Waals surface area contributed by atoms with Crippen LogP contribution in [0.2, 0.25) is 0 Å². The molecule has 0 saturated carbocycles. The second-order valence-electron chi connectivity index (χ2n) is 9.38. The van der Waals surface area contributed by atoms with Crippen LogP contribution in [0, 0.1) is 6.92 Å². The number of nitrogens with zero attached hydrogens (tertiary/aromatic N) is 7. The highest BCUT2D eigenvalue weighted by Crippen LogP contribution is 2.48. The highest BCUT2D eigenvalue weighted by molar-refractivity contribution is 5.68. The van der Waals surface area contributed by atoms with E-state index in [2.05, 4.69) is 20.3 Å². The van der Waals surface area contributed by atoms with E-state index in [1.54, 1.807) is 22.6 Å². The van der Waals surface area contributed by atoms with Crippen LogP contribution in [0.4, 0.5) is 0 Å². The van der Waals surface area contributed by atoms with Gasteiger partial charge in [0, 0.05) is 41.7 Å². The summed E-state index contributed by atoms with van der Waals surface area (Å²) < 4.78 is 20.9. The number of H-pyrrole nitrogens is 1. The molecule has 1 aliphatic heterocycles. The lowest BCUT2D eigenvalue weighted by Gasteiger charge is -2.24. The van der Waals surface area contributed by atoms with Crippen molar-refractivity contribution >= 4 is 5.65 Å². The Hall–Kier alpha value is -5.19. The van der Waals surface area contributed by atoms with E-state index in [4.69, 9.17) is 24.3 Å². The molecule has 1 aliphatic rings. The van der Waals surface area contributed by atoms with Crippen LogP contribution in [-0.4, -0.2) is 46.7 Å². The Kier molecular flexibility index (Phi) is 5.29. The number of fused-ring (bicyclic) bond motifs is 4. The fourth-order valence-electron chi connectivity index (χ4n) is 4.97. The summed E-state index contributed by atoms with van der Waals surface area (Å²) in [5.41, 5.74) is 6.18. The molecule has 0 fully saturated rings. The van der Waals surface area contributed by atoms with Crippen molar-refractivity contribution in [3.63, 3.8) is 0 Å². The molecule has 11 heteroatoms. The summed E-state index contributed by atoms with van der Waals surface area (Å²) in [6, 6.07) is 15.5. The average Bonchev–Trinajstić information content (AvgIpc) is 3.69. The fraction of sp³-hybridized carbons (Fsp3) is 0.179. The number of rotatable bonds is 6. The van der Waals surface area contributed by atoms with Gasteiger partial charge in [0.2, 0.25) is 11.8 Å². The Labute approximate surface area is 223 Å². The van der Waals surface area contributed by atoms with Crippen LogP contribution in [0.25, 0.3) is 17.0 Å². The molecule has 6 aromatic rings. The van der Waals surface area contributed by atoms with Gasteiger partial charge in [-0.25, -0.2) is 14.5 Å². The van der Waals surface area contributed by atoms with Gasteiger partial charge in [0.25, 0.3) is 0 Å². The van der Waals surface area contributed by atoms with Gasteiger partial charge >= 0.3 is 0 Å². The minimum absolute atomic E-state index is 0.216. The summed E-state index contributed by atoms with van der Waals surface area (Å²) in [7, 11) is 3.53. The predicted molar refractivity (Wildman–Crippen MR) is 141 cm³/mol. The largest absolute Gasteiger partial charge is 0.497 e. The molecule has 0 saturated heterocycles. The Balaban J connectivity index is 1.27. The van der Waals surface area contributed by atoms with E-state index < -0.39 is 0 Å². The first-order valence-corrected chi connectivity index (χ1v) is 12.4. The summed E-state index contributed by atoms with van der Waals surface area (Å²) in [5.74, 6) is 2.81. The first-order chi connectivity index (χ1) is 19.1. The Morgan fingerprint density at radius 1 is 1.05 bits per heavy atom. The summed E-state index contributed by atoms with van der Waals surface area (Å²) in [6.45, 7) is 2.37. The monoisotopic (exact) mass is 520 g/mol. The second-order valence-corrected chi connectivity index (χ2v) is 9.38. The van der Waals surface area contributed by atoms with Gasteiger partial charge in [-0.15, -0.1) is 10.2 Å². The van der Waals surface area contributed by atoms with Crippen molar-refractivity contribution in [2.75, 3.05) is 7.11 Å². The number of nitrogens with one attached hydrogen (secondary N) is 1. The first-order valence-electron chi connectivity index (χ1n) is 12.4. The number of aryl methyl sites for hydroxylation is 2. The number of benzene rings is 2. The molecule has 0 spiro atoms. The van der Waals surface area contributed by atoms with Gasteiger partial charge in [-0.3, -0.25) is 9.78 Å². The van der Waals surface area contributed by atoms with Crippen molar-refractivity contribution in [1.82, 2.24) is 39.6 Å². The molecule has 2 aromatic carbocycles. The number of hydrogen-bond acceptors (Lipinski definition) is 8. The number of ether oxygens (including phenoxy) is 3. The van der Waals surface area contributed by atoms with Crippen LogP contribution in [0.3, 0.4) is 0 Å². The van der Waals surface area contributed by atoms with Gasteiger partial charge in [-0.1, -0.05) is 24.3 Å². The SMILES string of the molecule is COc1cccc(OCc2cccc(-c3nc4c5c(ncn4n3)Oc3n[nH]c(C)c3[C@H]5c3cnn(C)c3)c2)c1.